The number of rotatable bonds is 8. The summed E-state index contributed by atoms with van der Waals surface area (Å²) in [5, 5.41) is 0. The van der Waals surface area contributed by atoms with E-state index in [2.05, 4.69) is 4.98 Å². The number of nitrogens with zero attached hydrogens (tertiary/aromatic N) is 3. The first-order chi connectivity index (χ1) is 19.3. The van der Waals surface area contributed by atoms with Gasteiger partial charge in [0.1, 0.15) is 21.3 Å². The van der Waals surface area contributed by atoms with Crippen molar-refractivity contribution in [3.05, 3.63) is 98.3 Å². The summed E-state index contributed by atoms with van der Waals surface area (Å²) < 4.78 is 18.7. The Morgan fingerprint density at radius 3 is 2.55 bits per heavy atom. The lowest BCUT2D eigenvalue weighted by atomic mass is 10.1. The minimum atomic E-state index is -0.341. The van der Waals surface area contributed by atoms with Crippen LogP contribution in [-0.2, 0) is 11.2 Å². The van der Waals surface area contributed by atoms with E-state index in [0.717, 1.165) is 28.5 Å². The molecular formula is C30H27N3O5S2. The molecule has 8 nitrogen and oxygen atoms in total. The maximum Gasteiger partial charge on any atom is 0.269 e. The van der Waals surface area contributed by atoms with E-state index >= 15 is 0 Å². The average molecular weight is 574 g/mol. The van der Waals surface area contributed by atoms with Crippen LogP contribution in [0.2, 0.25) is 0 Å². The van der Waals surface area contributed by atoms with Crippen molar-refractivity contribution < 1.29 is 19.0 Å². The molecule has 4 aromatic rings. The number of thioether (sulfide) groups is 1. The van der Waals surface area contributed by atoms with Gasteiger partial charge in [-0.3, -0.25) is 18.9 Å². The molecule has 0 spiro atoms. The molecule has 0 saturated carbocycles. The largest absolute Gasteiger partial charge is 0.493 e. The van der Waals surface area contributed by atoms with Crippen molar-refractivity contribution in [3.8, 4) is 23.1 Å². The number of carbonyl (C=O) groups is 1. The predicted octanol–water partition coefficient (Wildman–Crippen LogP) is 5.56. The molecular weight excluding hydrogens is 546 g/mol. The summed E-state index contributed by atoms with van der Waals surface area (Å²) in [5.74, 6) is 1.65. The molecule has 40 heavy (non-hydrogen) atoms. The van der Waals surface area contributed by atoms with E-state index in [1.54, 1.807) is 37.4 Å². The summed E-state index contributed by atoms with van der Waals surface area (Å²) in [6.07, 6.45) is 3.74. The second-order valence-corrected chi connectivity index (χ2v) is 10.9. The first-order valence-electron chi connectivity index (χ1n) is 12.5. The number of hydrogen-bond acceptors (Lipinski definition) is 8. The van der Waals surface area contributed by atoms with E-state index in [4.69, 9.17) is 26.4 Å². The van der Waals surface area contributed by atoms with Gasteiger partial charge < -0.3 is 14.2 Å². The lowest BCUT2D eigenvalue weighted by molar-refractivity contribution is -0.122. The van der Waals surface area contributed by atoms with E-state index in [0.29, 0.717) is 45.1 Å². The molecule has 0 N–H and O–H groups in total. The molecule has 0 radical (unpaired) electrons. The van der Waals surface area contributed by atoms with Gasteiger partial charge in [0.15, 0.2) is 11.5 Å². The SMILES string of the molecule is COc1ccc(CCN2C(=O)/C(=C\c3c(Oc4cccc(C)c4)nc4c(C)cccn4c3=O)SC2=S)cc1OC. The zero-order valence-electron chi connectivity index (χ0n) is 22.5. The molecule has 10 heteroatoms. The van der Waals surface area contributed by atoms with Crippen molar-refractivity contribution in [2.45, 2.75) is 20.3 Å². The zero-order chi connectivity index (χ0) is 28.4. The van der Waals surface area contributed by atoms with Gasteiger partial charge in [0.25, 0.3) is 11.5 Å². The standard InChI is InChI=1S/C30H27N3O5S2/c1-18-7-5-9-21(15-18)38-27-22(28(34)32-13-6-8-19(2)26(32)31-27)17-25-29(35)33(30(39)40-25)14-12-20-10-11-23(36-3)24(16-20)37-4/h5-11,13,15-17H,12,14H2,1-4H3/b25-17+. The molecule has 3 heterocycles. The van der Waals surface area contributed by atoms with E-state index in [1.807, 2.05) is 56.3 Å². The Labute approximate surface area is 241 Å². The van der Waals surface area contributed by atoms with Gasteiger partial charge in [-0.1, -0.05) is 48.2 Å². The van der Waals surface area contributed by atoms with Crippen LogP contribution >= 0.6 is 24.0 Å². The molecule has 5 rings (SSSR count). The fourth-order valence-electron chi connectivity index (χ4n) is 4.38. The van der Waals surface area contributed by atoms with Crippen molar-refractivity contribution in [2.24, 2.45) is 0 Å². The number of carbonyl (C=O) groups excluding carboxylic acids is 1. The molecule has 0 unspecified atom stereocenters. The third-order valence-corrected chi connectivity index (χ3v) is 7.85. The first-order valence-corrected chi connectivity index (χ1v) is 13.7. The summed E-state index contributed by atoms with van der Waals surface area (Å²) in [5.41, 5.74) is 3.11. The van der Waals surface area contributed by atoms with Crippen LogP contribution in [0.25, 0.3) is 11.7 Å². The summed E-state index contributed by atoms with van der Waals surface area (Å²) in [6.45, 7) is 4.20. The molecule has 1 amide bonds. The monoisotopic (exact) mass is 573 g/mol. The highest BCUT2D eigenvalue weighted by atomic mass is 32.2. The normalized spacial score (nSPS) is 14.3. The number of aryl methyl sites for hydroxylation is 2. The molecule has 0 bridgehead atoms. The molecule has 1 saturated heterocycles. The Morgan fingerprint density at radius 2 is 1.80 bits per heavy atom. The van der Waals surface area contributed by atoms with Gasteiger partial charge in [0.05, 0.1) is 19.1 Å². The molecule has 1 fully saturated rings. The number of methoxy groups -OCH3 is 2. The van der Waals surface area contributed by atoms with Crippen LogP contribution in [0.15, 0.2) is 70.5 Å². The van der Waals surface area contributed by atoms with Crippen LogP contribution < -0.4 is 19.8 Å². The lowest BCUT2D eigenvalue weighted by Gasteiger charge is -2.15. The lowest BCUT2D eigenvalue weighted by Crippen LogP contribution is -2.30. The van der Waals surface area contributed by atoms with Crippen molar-refractivity contribution >= 4 is 45.9 Å². The smallest absolute Gasteiger partial charge is 0.269 e. The average Bonchev–Trinajstić information content (AvgIpc) is 3.21. The van der Waals surface area contributed by atoms with Crippen LogP contribution in [0.1, 0.15) is 22.3 Å². The number of amides is 1. The summed E-state index contributed by atoms with van der Waals surface area (Å²) in [7, 11) is 3.16. The van der Waals surface area contributed by atoms with E-state index in [1.165, 1.54) is 10.5 Å². The Balaban J connectivity index is 1.48. The number of ether oxygens (including phenoxy) is 3. The molecule has 2 aromatic carbocycles. The Morgan fingerprint density at radius 1 is 1.00 bits per heavy atom. The second-order valence-electron chi connectivity index (χ2n) is 9.21. The number of aromatic nitrogens is 2. The maximum atomic E-state index is 13.6. The van der Waals surface area contributed by atoms with Gasteiger partial charge >= 0.3 is 0 Å². The minimum absolute atomic E-state index is 0.125. The highest BCUT2D eigenvalue weighted by Gasteiger charge is 2.32. The molecule has 1 aliphatic rings. The predicted molar refractivity (Wildman–Crippen MR) is 161 cm³/mol. The zero-order valence-corrected chi connectivity index (χ0v) is 24.1. The second kappa shape index (κ2) is 11.5. The van der Waals surface area contributed by atoms with Gasteiger partial charge in [0, 0.05) is 12.7 Å². The van der Waals surface area contributed by atoms with Crippen molar-refractivity contribution in [1.82, 2.24) is 14.3 Å². The van der Waals surface area contributed by atoms with Crippen molar-refractivity contribution in [1.29, 1.82) is 0 Å². The van der Waals surface area contributed by atoms with Gasteiger partial charge in [-0.15, -0.1) is 0 Å². The van der Waals surface area contributed by atoms with E-state index < -0.39 is 0 Å². The first kappa shape index (κ1) is 27.4. The summed E-state index contributed by atoms with van der Waals surface area (Å²) >= 11 is 6.70. The molecule has 0 aliphatic carbocycles. The molecule has 0 atom stereocenters. The topological polar surface area (TPSA) is 82.4 Å². The fourth-order valence-corrected chi connectivity index (χ4v) is 5.68. The van der Waals surface area contributed by atoms with Gasteiger partial charge in [-0.2, -0.15) is 4.98 Å². The summed E-state index contributed by atoms with van der Waals surface area (Å²) in [6, 6.07) is 16.8. The summed E-state index contributed by atoms with van der Waals surface area (Å²) in [4.78, 5) is 33.6. The van der Waals surface area contributed by atoms with Crippen molar-refractivity contribution in [3.63, 3.8) is 0 Å². The number of hydrogen-bond donors (Lipinski definition) is 0. The van der Waals surface area contributed by atoms with Crippen molar-refractivity contribution in [2.75, 3.05) is 20.8 Å². The molecule has 2 aromatic heterocycles. The van der Waals surface area contributed by atoms with E-state index in [-0.39, 0.29) is 22.9 Å². The third-order valence-electron chi connectivity index (χ3n) is 6.47. The highest BCUT2D eigenvalue weighted by molar-refractivity contribution is 8.26. The quantitative estimate of drug-likeness (QED) is 0.200. The Hall–Kier alpha value is -4.15. The number of thiocarbonyl (C=S) groups is 1. The third kappa shape index (κ3) is 5.45. The van der Waals surface area contributed by atoms with Crippen LogP contribution in [-0.4, -0.2) is 45.3 Å². The van der Waals surface area contributed by atoms with Gasteiger partial charge in [0.2, 0.25) is 5.88 Å². The molecule has 204 valence electrons. The number of pyridine rings is 1. The van der Waals surface area contributed by atoms with Crippen LogP contribution in [0.4, 0.5) is 0 Å². The van der Waals surface area contributed by atoms with Crippen LogP contribution in [0, 0.1) is 13.8 Å². The van der Waals surface area contributed by atoms with Gasteiger partial charge in [-0.05, 0) is 73.4 Å². The highest BCUT2D eigenvalue weighted by Crippen LogP contribution is 2.35. The fraction of sp³-hybridized carbons (Fsp3) is 0.200. The van der Waals surface area contributed by atoms with E-state index in [9.17, 15) is 9.59 Å². The number of benzene rings is 2. The number of fused-ring (bicyclic) bond motifs is 1. The minimum Gasteiger partial charge on any atom is -0.493 e. The van der Waals surface area contributed by atoms with Crippen LogP contribution in [0.5, 0.6) is 23.1 Å². The molecule has 1 aliphatic heterocycles. The van der Waals surface area contributed by atoms with Crippen LogP contribution in [0.3, 0.4) is 0 Å². The van der Waals surface area contributed by atoms with Gasteiger partial charge in [-0.25, -0.2) is 0 Å². The maximum absolute atomic E-state index is 13.6. The Kier molecular flexibility index (Phi) is 7.90. The Bertz CT molecular complexity index is 1730.